The Morgan fingerprint density at radius 1 is 1.12 bits per heavy atom. The van der Waals surface area contributed by atoms with Crippen LogP contribution in [0.1, 0.15) is 23.2 Å². The number of carbonyl (C=O) groups is 1. The summed E-state index contributed by atoms with van der Waals surface area (Å²) in [5, 5.41) is 12.9. The van der Waals surface area contributed by atoms with Gasteiger partial charge in [0.15, 0.2) is 5.17 Å². The van der Waals surface area contributed by atoms with Crippen molar-refractivity contribution < 1.29 is 4.79 Å². The van der Waals surface area contributed by atoms with Crippen LogP contribution in [0.3, 0.4) is 0 Å². The number of amides is 1. The number of para-hydroxylation sites is 1. The molecule has 24 heavy (non-hydrogen) atoms. The molecule has 1 aromatic heterocycles. The summed E-state index contributed by atoms with van der Waals surface area (Å²) in [5.74, 6) is 1.72. The van der Waals surface area contributed by atoms with E-state index in [1.807, 2.05) is 25.2 Å². The van der Waals surface area contributed by atoms with Gasteiger partial charge in [0.1, 0.15) is 0 Å². The molecule has 2 aromatic rings. The van der Waals surface area contributed by atoms with E-state index in [1.165, 1.54) is 0 Å². The maximum absolute atomic E-state index is 11.9. The highest BCUT2D eigenvalue weighted by molar-refractivity contribution is 8.13. The van der Waals surface area contributed by atoms with Crippen LogP contribution >= 0.6 is 23.5 Å². The van der Waals surface area contributed by atoms with Gasteiger partial charge in [-0.25, -0.2) is 9.67 Å². The highest BCUT2D eigenvalue weighted by atomic mass is 32.2. The van der Waals surface area contributed by atoms with Crippen LogP contribution in [0.5, 0.6) is 0 Å². The first-order chi connectivity index (χ1) is 11.7. The number of nitrogens with zero attached hydrogens (tertiary/aromatic N) is 5. The maximum atomic E-state index is 11.9. The van der Waals surface area contributed by atoms with E-state index >= 15 is 0 Å². The number of tetrazole rings is 1. The van der Waals surface area contributed by atoms with E-state index in [2.05, 4.69) is 31.4 Å². The summed E-state index contributed by atoms with van der Waals surface area (Å²) in [6.45, 7) is 0. The molecule has 2 N–H and O–H groups in total. The van der Waals surface area contributed by atoms with E-state index in [0.717, 1.165) is 29.5 Å². The van der Waals surface area contributed by atoms with E-state index < -0.39 is 0 Å². The molecule has 126 valence electrons. The van der Waals surface area contributed by atoms with Gasteiger partial charge in [0.2, 0.25) is 5.16 Å². The number of hydrogen-bond donors (Lipinski definition) is 2. The molecule has 3 rings (SSSR count). The van der Waals surface area contributed by atoms with Gasteiger partial charge >= 0.3 is 0 Å². The normalized spacial score (nSPS) is 13.5. The first kappa shape index (κ1) is 16.8. The van der Waals surface area contributed by atoms with Crippen LogP contribution in [0.15, 0.2) is 34.4 Å². The average molecular weight is 363 g/mol. The fourth-order valence-corrected chi connectivity index (χ4v) is 3.70. The van der Waals surface area contributed by atoms with Crippen molar-refractivity contribution in [1.29, 1.82) is 0 Å². The van der Waals surface area contributed by atoms with E-state index in [4.69, 9.17) is 0 Å². The monoisotopic (exact) mass is 363 g/mol. The summed E-state index contributed by atoms with van der Waals surface area (Å²) in [6, 6.07) is 7.31. The molecule has 0 saturated carbocycles. The zero-order chi connectivity index (χ0) is 16.8. The molecular weight excluding hydrogens is 346 g/mol. The number of hydrogen-bond acceptors (Lipinski definition) is 8. The lowest BCUT2D eigenvalue weighted by molar-refractivity contribution is 0.0946. The minimum absolute atomic E-state index is 0.168. The number of unbranched alkanes of at least 4 members (excludes halogenated alkanes) is 1. The quantitative estimate of drug-likeness (QED) is 0.596. The summed E-state index contributed by atoms with van der Waals surface area (Å²) in [5.41, 5.74) is 6.80. The predicted molar refractivity (Wildman–Crippen MR) is 95.4 cm³/mol. The van der Waals surface area contributed by atoms with E-state index in [-0.39, 0.29) is 5.91 Å². The number of thioether (sulfide) groups is 2. The lowest BCUT2D eigenvalue weighted by Crippen LogP contribution is -2.39. The van der Waals surface area contributed by atoms with Crippen molar-refractivity contribution in [2.45, 2.75) is 18.0 Å². The molecule has 0 radical (unpaired) electrons. The van der Waals surface area contributed by atoms with Crippen molar-refractivity contribution in [1.82, 2.24) is 31.1 Å². The molecule has 0 atom stereocenters. The van der Waals surface area contributed by atoms with Gasteiger partial charge in [0.25, 0.3) is 5.91 Å². The lowest BCUT2D eigenvalue weighted by Gasteiger charge is -2.06. The third kappa shape index (κ3) is 4.26. The number of aromatic nitrogens is 4. The van der Waals surface area contributed by atoms with Gasteiger partial charge in [-0.2, -0.15) is 0 Å². The number of hydrazine groups is 1. The van der Waals surface area contributed by atoms with Crippen LogP contribution in [-0.4, -0.2) is 42.8 Å². The Morgan fingerprint density at radius 3 is 2.71 bits per heavy atom. The van der Waals surface area contributed by atoms with Crippen LogP contribution in [0.4, 0.5) is 5.69 Å². The highest BCUT2D eigenvalue weighted by Gasteiger charge is 2.15. The molecule has 1 aliphatic rings. The van der Waals surface area contributed by atoms with Gasteiger partial charge in [0.05, 0.1) is 11.3 Å². The van der Waals surface area contributed by atoms with Crippen molar-refractivity contribution in [2.75, 3.05) is 11.5 Å². The largest absolute Gasteiger partial charge is 0.276 e. The average Bonchev–Trinajstić information content (AvgIpc) is 2.92. The number of carbonyl (C=O) groups excluding carboxylic acids is 1. The van der Waals surface area contributed by atoms with Crippen LogP contribution in [0.2, 0.25) is 0 Å². The molecular formula is C14H17N7OS2. The van der Waals surface area contributed by atoms with Crippen molar-refractivity contribution in [2.24, 2.45) is 12.0 Å². The second-order valence-electron chi connectivity index (χ2n) is 5.00. The molecule has 0 bridgehead atoms. The predicted octanol–water partition coefficient (Wildman–Crippen LogP) is 1.75. The highest BCUT2D eigenvalue weighted by Crippen LogP contribution is 2.22. The summed E-state index contributed by atoms with van der Waals surface area (Å²) in [7, 11) is 1.83. The van der Waals surface area contributed by atoms with Crippen LogP contribution in [-0.2, 0) is 7.05 Å². The lowest BCUT2D eigenvalue weighted by atomic mass is 10.2. The first-order valence-electron chi connectivity index (χ1n) is 7.46. The standard InChI is InChI=1S/C14H17N7OS2/c1-21-14(18-19-20-21)24-9-5-4-8-23-13-15-11-7-3-2-6-10(11)12(22)16-17-13/h2-3,6-7H,4-5,8-9H2,1H3,(H,15,17)(H,16,22). The minimum atomic E-state index is -0.168. The van der Waals surface area contributed by atoms with Crippen molar-refractivity contribution in [3.8, 4) is 0 Å². The number of aryl methyl sites for hydroxylation is 1. The summed E-state index contributed by atoms with van der Waals surface area (Å²) in [6.07, 6.45) is 2.10. The molecule has 1 aromatic carbocycles. The van der Waals surface area contributed by atoms with Crippen molar-refractivity contribution in [3.63, 3.8) is 0 Å². The van der Waals surface area contributed by atoms with Gasteiger partial charge in [0, 0.05) is 18.6 Å². The Hall–Kier alpha value is -2.07. The molecule has 1 aliphatic heterocycles. The number of benzene rings is 1. The zero-order valence-corrected chi connectivity index (χ0v) is 14.7. The van der Waals surface area contributed by atoms with Gasteiger partial charge in [-0.3, -0.25) is 15.6 Å². The van der Waals surface area contributed by atoms with E-state index in [0.29, 0.717) is 16.4 Å². The second kappa shape index (κ2) is 8.15. The molecule has 0 unspecified atom stereocenters. The van der Waals surface area contributed by atoms with Crippen molar-refractivity contribution in [3.05, 3.63) is 29.8 Å². The Bertz CT molecular complexity index is 746. The number of aliphatic imine (C=N–C) groups is 1. The van der Waals surface area contributed by atoms with Crippen LogP contribution in [0, 0.1) is 0 Å². The second-order valence-corrected chi connectivity index (χ2v) is 7.15. The molecule has 0 fully saturated rings. The number of fused-ring (bicyclic) bond motifs is 1. The Labute approximate surface area is 147 Å². The van der Waals surface area contributed by atoms with Gasteiger partial charge in [-0.15, -0.1) is 5.10 Å². The molecule has 8 nitrogen and oxygen atoms in total. The van der Waals surface area contributed by atoms with Crippen LogP contribution in [0.25, 0.3) is 0 Å². The van der Waals surface area contributed by atoms with Gasteiger partial charge in [-0.1, -0.05) is 35.7 Å². The van der Waals surface area contributed by atoms with Crippen LogP contribution < -0.4 is 10.9 Å². The van der Waals surface area contributed by atoms with Gasteiger partial charge in [-0.05, 0) is 35.4 Å². The fourth-order valence-electron chi connectivity index (χ4n) is 2.03. The zero-order valence-electron chi connectivity index (χ0n) is 13.1. The summed E-state index contributed by atoms with van der Waals surface area (Å²) >= 11 is 3.25. The third-order valence-electron chi connectivity index (χ3n) is 3.24. The Morgan fingerprint density at radius 2 is 1.92 bits per heavy atom. The number of amidine groups is 1. The Balaban J connectivity index is 1.43. The Kier molecular flexibility index (Phi) is 5.70. The number of nitrogens with one attached hydrogen (secondary N) is 2. The molecule has 0 aliphatic carbocycles. The van der Waals surface area contributed by atoms with Gasteiger partial charge < -0.3 is 0 Å². The summed E-state index contributed by atoms with van der Waals surface area (Å²) in [4.78, 5) is 16.4. The number of rotatable bonds is 6. The van der Waals surface area contributed by atoms with Crippen molar-refractivity contribution >= 4 is 40.3 Å². The summed E-state index contributed by atoms with van der Waals surface area (Å²) < 4.78 is 1.67. The first-order valence-corrected chi connectivity index (χ1v) is 9.43. The third-order valence-corrected chi connectivity index (χ3v) is 5.30. The molecule has 0 spiro atoms. The smallest absolute Gasteiger partial charge is 0.271 e. The fraction of sp³-hybridized carbons (Fsp3) is 0.357. The minimum Gasteiger partial charge on any atom is -0.276 e. The maximum Gasteiger partial charge on any atom is 0.271 e. The topological polar surface area (TPSA) is 97.1 Å². The molecule has 1 amide bonds. The van der Waals surface area contributed by atoms with E-state index in [1.54, 1.807) is 34.3 Å². The van der Waals surface area contributed by atoms with E-state index in [9.17, 15) is 4.79 Å². The SMILES string of the molecule is Cn1nnnc1SCCCCSC1=Nc2ccccc2C(=O)NN1. The molecule has 2 heterocycles. The molecule has 0 saturated heterocycles. The molecule has 10 heteroatoms.